The Balaban J connectivity index is 1.84. The molecule has 2 nitrogen and oxygen atoms in total. The van der Waals surface area contributed by atoms with E-state index in [0.29, 0.717) is 33.6 Å². The molecule has 1 N–H and O–H groups in total. The molecule has 0 saturated carbocycles. The summed E-state index contributed by atoms with van der Waals surface area (Å²) in [6.45, 7) is 8.52. The first-order chi connectivity index (χ1) is 9.49. The molecule has 0 aromatic heterocycles. The largest absolute Gasteiger partial charge is 0.312 e. The van der Waals surface area contributed by atoms with Gasteiger partial charge < -0.3 is 10.2 Å². The van der Waals surface area contributed by atoms with Crippen molar-refractivity contribution < 1.29 is 0 Å². The maximum absolute atomic E-state index is 6.19. The summed E-state index contributed by atoms with van der Waals surface area (Å²) in [7, 11) is 0. The van der Waals surface area contributed by atoms with Crippen molar-refractivity contribution in [1.29, 1.82) is 0 Å². The molecule has 1 aliphatic heterocycles. The van der Waals surface area contributed by atoms with Crippen LogP contribution in [0.4, 0.5) is 0 Å². The Bertz CT molecular complexity index is 463. The SMILES string of the molecule is CC(C)N1CCC(CNCc2c(Cl)ccc(Cl)c2Cl)C1. The first kappa shape index (κ1) is 16.4. The summed E-state index contributed by atoms with van der Waals surface area (Å²) in [6.07, 6.45) is 1.25. The fourth-order valence-electron chi connectivity index (χ4n) is 2.63. The van der Waals surface area contributed by atoms with Crippen LogP contribution in [0.25, 0.3) is 0 Å². The van der Waals surface area contributed by atoms with Crippen molar-refractivity contribution in [3.63, 3.8) is 0 Å². The van der Waals surface area contributed by atoms with Crippen molar-refractivity contribution in [2.45, 2.75) is 32.9 Å². The van der Waals surface area contributed by atoms with Crippen LogP contribution in [0, 0.1) is 5.92 Å². The van der Waals surface area contributed by atoms with Crippen LogP contribution in [0.1, 0.15) is 25.8 Å². The van der Waals surface area contributed by atoms with Crippen molar-refractivity contribution in [3.05, 3.63) is 32.8 Å². The van der Waals surface area contributed by atoms with E-state index in [9.17, 15) is 0 Å². The molecule has 2 rings (SSSR count). The third-order valence-corrected chi connectivity index (χ3v) is 5.12. The van der Waals surface area contributed by atoms with Gasteiger partial charge in [0.05, 0.1) is 10.0 Å². The first-order valence-electron chi connectivity index (χ1n) is 7.06. The molecule has 112 valence electrons. The van der Waals surface area contributed by atoms with E-state index >= 15 is 0 Å². The van der Waals surface area contributed by atoms with Crippen LogP contribution in [0.5, 0.6) is 0 Å². The van der Waals surface area contributed by atoms with Crippen LogP contribution in [0.2, 0.25) is 15.1 Å². The summed E-state index contributed by atoms with van der Waals surface area (Å²) in [4.78, 5) is 2.52. The molecule has 20 heavy (non-hydrogen) atoms. The molecule has 0 spiro atoms. The molecular weight excluding hydrogens is 315 g/mol. The van der Waals surface area contributed by atoms with E-state index in [0.717, 1.165) is 12.1 Å². The lowest BCUT2D eigenvalue weighted by Crippen LogP contribution is -2.30. The highest BCUT2D eigenvalue weighted by molar-refractivity contribution is 6.44. The van der Waals surface area contributed by atoms with Gasteiger partial charge in [-0.05, 0) is 51.4 Å². The van der Waals surface area contributed by atoms with E-state index in [1.165, 1.54) is 19.5 Å². The quantitative estimate of drug-likeness (QED) is 0.799. The summed E-state index contributed by atoms with van der Waals surface area (Å²) in [5.74, 6) is 0.703. The minimum atomic E-state index is 0.555. The van der Waals surface area contributed by atoms with Crippen molar-refractivity contribution in [2.75, 3.05) is 19.6 Å². The van der Waals surface area contributed by atoms with E-state index in [4.69, 9.17) is 34.8 Å². The summed E-state index contributed by atoms with van der Waals surface area (Å²) in [6, 6.07) is 4.16. The van der Waals surface area contributed by atoms with Crippen LogP contribution in [0.15, 0.2) is 12.1 Å². The summed E-state index contributed by atoms with van der Waals surface area (Å²) < 4.78 is 0. The molecular formula is C15H21Cl3N2. The average molecular weight is 336 g/mol. The van der Waals surface area contributed by atoms with Crippen LogP contribution in [-0.2, 0) is 6.54 Å². The van der Waals surface area contributed by atoms with Crippen molar-refractivity contribution in [1.82, 2.24) is 10.2 Å². The predicted molar refractivity (Wildman–Crippen MR) is 88.0 cm³/mol. The van der Waals surface area contributed by atoms with Crippen LogP contribution < -0.4 is 5.32 Å². The Kier molecular flexibility index (Phi) is 6.00. The normalized spacial score (nSPS) is 20.0. The number of rotatable bonds is 5. The number of nitrogens with zero attached hydrogens (tertiary/aromatic N) is 1. The minimum Gasteiger partial charge on any atom is -0.312 e. The van der Waals surface area contributed by atoms with Gasteiger partial charge in [0.15, 0.2) is 0 Å². The molecule has 0 bridgehead atoms. The molecule has 1 aromatic rings. The monoisotopic (exact) mass is 334 g/mol. The fraction of sp³-hybridized carbons (Fsp3) is 0.600. The Morgan fingerprint density at radius 1 is 1.25 bits per heavy atom. The third kappa shape index (κ3) is 4.02. The summed E-state index contributed by atoms with van der Waals surface area (Å²) in [5.41, 5.74) is 0.888. The second kappa shape index (κ2) is 7.33. The van der Waals surface area contributed by atoms with Gasteiger partial charge in [0.25, 0.3) is 0 Å². The Morgan fingerprint density at radius 2 is 1.95 bits per heavy atom. The van der Waals surface area contributed by atoms with Crippen LogP contribution >= 0.6 is 34.8 Å². The highest BCUT2D eigenvalue weighted by Crippen LogP contribution is 2.31. The molecule has 1 saturated heterocycles. The standard InChI is InChI=1S/C15H21Cl3N2/c1-10(2)20-6-5-11(9-20)7-19-8-12-13(16)3-4-14(17)15(12)18/h3-4,10-11,19H,5-9H2,1-2H3. The molecule has 1 aromatic carbocycles. The van der Waals surface area contributed by atoms with Gasteiger partial charge >= 0.3 is 0 Å². The van der Waals surface area contributed by atoms with E-state index in [1.54, 1.807) is 12.1 Å². The van der Waals surface area contributed by atoms with Gasteiger partial charge in [-0.3, -0.25) is 0 Å². The zero-order valence-corrected chi connectivity index (χ0v) is 14.2. The number of hydrogen-bond acceptors (Lipinski definition) is 2. The van der Waals surface area contributed by atoms with E-state index in [2.05, 4.69) is 24.1 Å². The Hall–Kier alpha value is 0.01000. The van der Waals surface area contributed by atoms with Gasteiger partial charge in [-0.1, -0.05) is 34.8 Å². The highest BCUT2D eigenvalue weighted by atomic mass is 35.5. The van der Waals surface area contributed by atoms with E-state index in [-0.39, 0.29) is 0 Å². The summed E-state index contributed by atoms with van der Waals surface area (Å²) >= 11 is 18.4. The second-order valence-electron chi connectivity index (χ2n) is 5.70. The number of hydrogen-bond donors (Lipinski definition) is 1. The molecule has 1 unspecified atom stereocenters. The topological polar surface area (TPSA) is 15.3 Å². The molecule has 0 aliphatic carbocycles. The average Bonchev–Trinajstić information content (AvgIpc) is 2.87. The van der Waals surface area contributed by atoms with Crippen LogP contribution in [0.3, 0.4) is 0 Å². The maximum atomic E-state index is 6.19. The number of benzene rings is 1. The lowest BCUT2D eigenvalue weighted by molar-refractivity contribution is 0.264. The second-order valence-corrected chi connectivity index (χ2v) is 6.89. The van der Waals surface area contributed by atoms with Gasteiger partial charge in [0, 0.05) is 29.7 Å². The number of halogens is 3. The molecule has 1 aliphatic rings. The van der Waals surface area contributed by atoms with Crippen LogP contribution in [-0.4, -0.2) is 30.6 Å². The van der Waals surface area contributed by atoms with Crippen molar-refractivity contribution in [3.8, 4) is 0 Å². The highest BCUT2D eigenvalue weighted by Gasteiger charge is 2.23. The zero-order chi connectivity index (χ0) is 14.7. The fourth-order valence-corrected chi connectivity index (χ4v) is 3.31. The van der Waals surface area contributed by atoms with Crippen molar-refractivity contribution in [2.24, 2.45) is 5.92 Å². The molecule has 1 fully saturated rings. The first-order valence-corrected chi connectivity index (χ1v) is 8.19. The maximum Gasteiger partial charge on any atom is 0.0652 e. The lowest BCUT2D eigenvalue weighted by atomic mass is 10.1. The number of nitrogens with one attached hydrogen (secondary N) is 1. The van der Waals surface area contributed by atoms with E-state index in [1.807, 2.05) is 0 Å². The Morgan fingerprint density at radius 3 is 2.60 bits per heavy atom. The van der Waals surface area contributed by atoms with Gasteiger partial charge in [-0.15, -0.1) is 0 Å². The minimum absolute atomic E-state index is 0.555. The molecule has 0 amide bonds. The van der Waals surface area contributed by atoms with Gasteiger partial charge in [0.2, 0.25) is 0 Å². The molecule has 1 heterocycles. The number of likely N-dealkylation sites (tertiary alicyclic amines) is 1. The smallest absolute Gasteiger partial charge is 0.0652 e. The van der Waals surface area contributed by atoms with Gasteiger partial charge in [0.1, 0.15) is 0 Å². The molecule has 5 heteroatoms. The van der Waals surface area contributed by atoms with Gasteiger partial charge in [-0.2, -0.15) is 0 Å². The third-order valence-electron chi connectivity index (χ3n) is 3.92. The Labute approximate surface area is 136 Å². The zero-order valence-electron chi connectivity index (χ0n) is 11.9. The summed E-state index contributed by atoms with van der Waals surface area (Å²) in [5, 5.41) is 5.24. The predicted octanol–water partition coefficient (Wildman–Crippen LogP) is 4.47. The molecule has 0 radical (unpaired) electrons. The van der Waals surface area contributed by atoms with Crippen molar-refractivity contribution >= 4 is 34.8 Å². The molecule has 1 atom stereocenters. The van der Waals surface area contributed by atoms with E-state index < -0.39 is 0 Å². The lowest BCUT2D eigenvalue weighted by Gasteiger charge is -2.20. The van der Waals surface area contributed by atoms with Gasteiger partial charge in [-0.25, -0.2) is 0 Å².